The largest absolute Gasteiger partial charge is 0.383 e. The van der Waals surface area contributed by atoms with Crippen molar-refractivity contribution < 1.29 is 9.32 Å². The summed E-state index contributed by atoms with van der Waals surface area (Å²) in [6.07, 6.45) is 1.45. The molecule has 1 aliphatic rings. The van der Waals surface area contributed by atoms with Gasteiger partial charge in [-0.15, -0.1) is 11.3 Å². The second-order valence-corrected chi connectivity index (χ2v) is 9.13. The van der Waals surface area contributed by atoms with Gasteiger partial charge in [0, 0.05) is 31.1 Å². The molecule has 1 saturated heterocycles. The van der Waals surface area contributed by atoms with Gasteiger partial charge < -0.3 is 15.2 Å². The molecular formula is C21H19ClN6O2S. The molecule has 8 nitrogen and oxygen atoms in total. The van der Waals surface area contributed by atoms with E-state index in [1.54, 1.807) is 0 Å². The van der Waals surface area contributed by atoms with E-state index in [-0.39, 0.29) is 5.91 Å². The number of hydrogen-bond acceptors (Lipinski definition) is 8. The van der Waals surface area contributed by atoms with E-state index in [9.17, 15) is 4.79 Å². The standard InChI is InChI=1S/C21H19ClN6O2S/c22-19-4-3-18(31-19)17-8-14(30-26-17)10-27-5-6-28(20(29)11-27)9-13-1-2-15-16(7-13)24-12-25-21(15)23/h1-4,7-8,12H,5-6,9-11H2,(H2,23,24,25). The van der Waals surface area contributed by atoms with E-state index < -0.39 is 0 Å². The van der Waals surface area contributed by atoms with E-state index in [1.807, 2.05) is 41.3 Å². The molecule has 2 N–H and O–H groups in total. The summed E-state index contributed by atoms with van der Waals surface area (Å²) in [5, 5.41) is 4.94. The maximum atomic E-state index is 12.7. The van der Waals surface area contributed by atoms with Crippen LogP contribution in [-0.2, 0) is 17.9 Å². The van der Waals surface area contributed by atoms with Crippen molar-refractivity contribution in [2.45, 2.75) is 13.1 Å². The number of aromatic nitrogens is 3. The summed E-state index contributed by atoms with van der Waals surface area (Å²) >= 11 is 7.45. The van der Waals surface area contributed by atoms with Crippen molar-refractivity contribution in [2.75, 3.05) is 25.4 Å². The zero-order valence-electron chi connectivity index (χ0n) is 16.5. The Labute approximate surface area is 187 Å². The smallest absolute Gasteiger partial charge is 0.237 e. The Balaban J connectivity index is 1.21. The van der Waals surface area contributed by atoms with Gasteiger partial charge in [0.25, 0.3) is 0 Å². The number of carbonyl (C=O) groups is 1. The molecule has 1 aliphatic heterocycles. The second-order valence-electron chi connectivity index (χ2n) is 7.42. The van der Waals surface area contributed by atoms with Crippen LogP contribution < -0.4 is 5.73 Å². The molecule has 5 rings (SSSR count). The lowest BCUT2D eigenvalue weighted by molar-refractivity contribution is -0.137. The number of thiophene rings is 1. The quantitative estimate of drug-likeness (QED) is 0.493. The molecule has 1 fully saturated rings. The van der Waals surface area contributed by atoms with Gasteiger partial charge in [0.2, 0.25) is 5.91 Å². The molecule has 31 heavy (non-hydrogen) atoms. The van der Waals surface area contributed by atoms with Gasteiger partial charge in [-0.3, -0.25) is 9.69 Å². The highest BCUT2D eigenvalue weighted by atomic mass is 35.5. The second kappa shape index (κ2) is 8.26. The van der Waals surface area contributed by atoms with Crippen LogP contribution in [0, 0.1) is 0 Å². The Morgan fingerprint density at radius 2 is 2.03 bits per heavy atom. The number of halogens is 1. The van der Waals surface area contributed by atoms with Gasteiger partial charge in [0.1, 0.15) is 17.8 Å². The SMILES string of the molecule is Nc1ncnc2cc(CN3CCN(Cc4cc(-c5ccc(Cl)s5)no4)CC3=O)ccc12. The van der Waals surface area contributed by atoms with Gasteiger partial charge >= 0.3 is 0 Å². The van der Waals surface area contributed by atoms with E-state index in [0.717, 1.165) is 39.3 Å². The minimum Gasteiger partial charge on any atom is -0.383 e. The molecular weight excluding hydrogens is 436 g/mol. The number of nitrogens with two attached hydrogens (primary N) is 1. The highest BCUT2D eigenvalue weighted by Gasteiger charge is 2.25. The molecule has 0 radical (unpaired) electrons. The Bertz CT molecular complexity index is 1260. The Kier molecular flexibility index (Phi) is 5.31. The minimum atomic E-state index is 0.0818. The van der Waals surface area contributed by atoms with Crippen molar-refractivity contribution in [1.29, 1.82) is 0 Å². The summed E-state index contributed by atoms with van der Waals surface area (Å²) in [5.41, 5.74) is 8.45. The first-order chi connectivity index (χ1) is 15.0. The summed E-state index contributed by atoms with van der Waals surface area (Å²) in [6, 6.07) is 11.5. The molecule has 4 heterocycles. The van der Waals surface area contributed by atoms with Gasteiger partial charge in [-0.1, -0.05) is 22.8 Å². The molecule has 0 aliphatic carbocycles. The number of hydrogen-bond donors (Lipinski definition) is 1. The molecule has 4 aromatic rings. The van der Waals surface area contributed by atoms with Crippen LogP contribution in [0.2, 0.25) is 4.34 Å². The van der Waals surface area contributed by atoms with E-state index >= 15 is 0 Å². The number of piperazine rings is 1. The van der Waals surface area contributed by atoms with Crippen molar-refractivity contribution in [1.82, 2.24) is 24.9 Å². The maximum Gasteiger partial charge on any atom is 0.237 e. The molecule has 1 aromatic carbocycles. The average molecular weight is 455 g/mol. The van der Waals surface area contributed by atoms with E-state index in [0.29, 0.717) is 36.3 Å². The third-order valence-electron chi connectivity index (χ3n) is 5.27. The minimum absolute atomic E-state index is 0.0818. The van der Waals surface area contributed by atoms with E-state index in [1.165, 1.54) is 17.7 Å². The monoisotopic (exact) mass is 454 g/mol. The third-order valence-corrected chi connectivity index (χ3v) is 6.52. The van der Waals surface area contributed by atoms with Gasteiger partial charge in [-0.25, -0.2) is 9.97 Å². The summed E-state index contributed by atoms with van der Waals surface area (Å²) in [7, 11) is 0. The predicted molar refractivity (Wildman–Crippen MR) is 119 cm³/mol. The van der Waals surface area contributed by atoms with Crippen LogP contribution >= 0.6 is 22.9 Å². The fraction of sp³-hybridized carbons (Fsp3) is 0.238. The number of benzene rings is 1. The van der Waals surface area contributed by atoms with Crippen molar-refractivity contribution >= 4 is 45.6 Å². The van der Waals surface area contributed by atoms with Gasteiger partial charge in [0.15, 0.2) is 5.76 Å². The number of amides is 1. The van der Waals surface area contributed by atoms with Gasteiger partial charge in [-0.2, -0.15) is 0 Å². The van der Waals surface area contributed by atoms with Crippen LogP contribution in [0.15, 0.2) is 47.2 Å². The van der Waals surface area contributed by atoms with Crippen molar-refractivity contribution in [2.24, 2.45) is 0 Å². The summed E-state index contributed by atoms with van der Waals surface area (Å²) < 4.78 is 6.18. The van der Waals surface area contributed by atoms with Crippen LogP contribution in [-0.4, -0.2) is 50.5 Å². The van der Waals surface area contributed by atoms with Crippen LogP contribution in [0.4, 0.5) is 5.82 Å². The summed E-state index contributed by atoms with van der Waals surface area (Å²) in [4.78, 5) is 25.9. The fourth-order valence-corrected chi connectivity index (χ4v) is 4.67. The molecule has 0 saturated carbocycles. The number of anilines is 1. The summed E-state index contributed by atoms with van der Waals surface area (Å²) in [5.74, 6) is 1.27. The van der Waals surface area contributed by atoms with Crippen molar-refractivity contribution in [3.8, 4) is 10.6 Å². The average Bonchev–Trinajstić information content (AvgIpc) is 3.39. The molecule has 10 heteroatoms. The van der Waals surface area contributed by atoms with Crippen LogP contribution in [0.5, 0.6) is 0 Å². The number of nitrogen functional groups attached to an aromatic ring is 1. The Hall–Kier alpha value is -3.01. The number of rotatable bonds is 5. The first-order valence-electron chi connectivity index (χ1n) is 9.76. The zero-order valence-corrected chi connectivity index (χ0v) is 18.1. The lowest BCUT2D eigenvalue weighted by Gasteiger charge is -2.33. The number of fused-ring (bicyclic) bond motifs is 1. The number of nitrogens with zero attached hydrogens (tertiary/aromatic N) is 5. The topological polar surface area (TPSA) is 101 Å². The zero-order chi connectivity index (χ0) is 21.4. The van der Waals surface area contributed by atoms with Crippen molar-refractivity contribution in [3.63, 3.8) is 0 Å². The summed E-state index contributed by atoms with van der Waals surface area (Å²) in [6.45, 7) is 2.82. The lowest BCUT2D eigenvalue weighted by Crippen LogP contribution is -2.49. The molecule has 158 valence electrons. The highest BCUT2D eigenvalue weighted by Crippen LogP contribution is 2.30. The maximum absolute atomic E-state index is 12.7. The van der Waals surface area contributed by atoms with Crippen LogP contribution in [0.25, 0.3) is 21.5 Å². The first-order valence-corrected chi connectivity index (χ1v) is 10.9. The molecule has 0 unspecified atom stereocenters. The molecule has 0 spiro atoms. The van der Waals surface area contributed by atoms with Gasteiger partial charge in [-0.05, 0) is 29.8 Å². The number of carbonyl (C=O) groups excluding carboxylic acids is 1. The van der Waals surface area contributed by atoms with Gasteiger partial charge in [0.05, 0.1) is 27.8 Å². The molecule has 1 amide bonds. The highest BCUT2D eigenvalue weighted by molar-refractivity contribution is 7.19. The molecule has 0 atom stereocenters. The van der Waals surface area contributed by atoms with Crippen LogP contribution in [0.1, 0.15) is 11.3 Å². The first kappa shape index (κ1) is 19.9. The molecule has 0 bridgehead atoms. The van der Waals surface area contributed by atoms with E-state index in [2.05, 4.69) is 20.0 Å². The fourth-order valence-electron chi connectivity index (χ4n) is 3.68. The Morgan fingerprint density at radius 3 is 2.84 bits per heavy atom. The predicted octanol–water partition coefficient (Wildman–Crippen LogP) is 3.43. The normalized spacial score (nSPS) is 15.1. The Morgan fingerprint density at radius 1 is 1.13 bits per heavy atom. The molecule has 3 aromatic heterocycles. The van der Waals surface area contributed by atoms with Crippen LogP contribution in [0.3, 0.4) is 0 Å². The van der Waals surface area contributed by atoms with E-state index in [4.69, 9.17) is 21.9 Å². The lowest BCUT2D eigenvalue weighted by atomic mass is 10.1. The third kappa shape index (κ3) is 4.25. The van der Waals surface area contributed by atoms with Crippen molar-refractivity contribution in [3.05, 3.63) is 58.4 Å².